The predicted octanol–water partition coefficient (Wildman–Crippen LogP) is 3.29. The standard InChI is InChI=1S/C20H24N2O3S/c1-2-16-10-12-19(13-11-16)26(24,25)22-14-6-7-17(15-22)20(23)21-18-8-4-3-5-9-18/h3-5,8-13,17H,2,6-7,14-15H2,1H3,(H,21,23). The van der Waals surface area contributed by atoms with Gasteiger partial charge in [0.1, 0.15) is 0 Å². The highest BCUT2D eigenvalue weighted by atomic mass is 32.2. The molecule has 3 rings (SSSR count). The van der Waals surface area contributed by atoms with E-state index in [9.17, 15) is 13.2 Å². The number of carbonyl (C=O) groups is 1. The van der Waals surface area contributed by atoms with Crippen LogP contribution in [-0.4, -0.2) is 31.7 Å². The number of sulfonamides is 1. The Bertz CT molecular complexity index is 848. The zero-order chi connectivity index (χ0) is 18.6. The molecule has 1 saturated heterocycles. The number of hydrogen-bond donors (Lipinski definition) is 1. The molecule has 0 bridgehead atoms. The van der Waals surface area contributed by atoms with Gasteiger partial charge < -0.3 is 5.32 Å². The third-order valence-corrected chi connectivity index (χ3v) is 6.64. The average molecular weight is 372 g/mol. The van der Waals surface area contributed by atoms with Gasteiger partial charge in [-0.2, -0.15) is 4.31 Å². The van der Waals surface area contributed by atoms with Crippen LogP contribution in [0.15, 0.2) is 59.5 Å². The number of nitrogens with zero attached hydrogens (tertiary/aromatic N) is 1. The lowest BCUT2D eigenvalue weighted by atomic mass is 9.99. The van der Waals surface area contributed by atoms with Gasteiger partial charge in [0.15, 0.2) is 0 Å². The van der Waals surface area contributed by atoms with Crippen molar-refractivity contribution in [2.75, 3.05) is 18.4 Å². The van der Waals surface area contributed by atoms with Crippen molar-refractivity contribution < 1.29 is 13.2 Å². The number of aryl methyl sites for hydroxylation is 1. The van der Waals surface area contributed by atoms with E-state index in [-0.39, 0.29) is 18.4 Å². The Morgan fingerprint density at radius 3 is 2.46 bits per heavy atom. The van der Waals surface area contributed by atoms with E-state index in [4.69, 9.17) is 0 Å². The second kappa shape index (κ2) is 8.01. The molecule has 0 aliphatic carbocycles. The van der Waals surface area contributed by atoms with Crippen molar-refractivity contribution in [2.24, 2.45) is 5.92 Å². The number of piperidine rings is 1. The number of carbonyl (C=O) groups excluding carboxylic acids is 1. The second-order valence-corrected chi connectivity index (χ2v) is 8.49. The molecule has 138 valence electrons. The topological polar surface area (TPSA) is 66.5 Å². The Morgan fingerprint density at radius 1 is 1.12 bits per heavy atom. The summed E-state index contributed by atoms with van der Waals surface area (Å²) in [6.07, 6.45) is 2.24. The first-order valence-electron chi connectivity index (χ1n) is 8.95. The van der Waals surface area contributed by atoms with Crippen molar-refractivity contribution in [1.29, 1.82) is 0 Å². The van der Waals surface area contributed by atoms with E-state index in [0.29, 0.717) is 24.3 Å². The third kappa shape index (κ3) is 4.14. The molecule has 6 heteroatoms. The highest BCUT2D eigenvalue weighted by Crippen LogP contribution is 2.25. The van der Waals surface area contributed by atoms with Crippen LogP contribution in [-0.2, 0) is 21.2 Å². The van der Waals surface area contributed by atoms with E-state index in [0.717, 1.165) is 17.7 Å². The minimum absolute atomic E-state index is 0.127. The fourth-order valence-electron chi connectivity index (χ4n) is 3.19. The smallest absolute Gasteiger partial charge is 0.243 e. The first kappa shape index (κ1) is 18.6. The molecule has 1 amide bonds. The summed E-state index contributed by atoms with van der Waals surface area (Å²) in [5.41, 5.74) is 1.83. The number of nitrogens with one attached hydrogen (secondary N) is 1. The first-order valence-corrected chi connectivity index (χ1v) is 10.4. The van der Waals surface area contributed by atoms with Crippen LogP contribution in [0.3, 0.4) is 0 Å². The second-order valence-electron chi connectivity index (χ2n) is 6.55. The fourth-order valence-corrected chi connectivity index (χ4v) is 4.71. The molecule has 2 aromatic carbocycles. The van der Waals surface area contributed by atoms with Gasteiger partial charge in [0.25, 0.3) is 0 Å². The molecule has 1 aliphatic heterocycles. The molecule has 1 aliphatic rings. The SMILES string of the molecule is CCc1ccc(S(=O)(=O)N2CCCC(C(=O)Nc3ccccc3)C2)cc1. The van der Waals surface area contributed by atoms with Gasteiger partial charge in [-0.3, -0.25) is 4.79 Å². The summed E-state index contributed by atoms with van der Waals surface area (Å²) >= 11 is 0. The van der Waals surface area contributed by atoms with Crippen LogP contribution in [0.4, 0.5) is 5.69 Å². The van der Waals surface area contributed by atoms with Gasteiger partial charge in [-0.1, -0.05) is 37.3 Å². The molecule has 0 saturated carbocycles. The Kier molecular flexibility index (Phi) is 5.74. The summed E-state index contributed by atoms with van der Waals surface area (Å²) in [7, 11) is -3.57. The van der Waals surface area contributed by atoms with Gasteiger partial charge in [0.2, 0.25) is 15.9 Å². The number of amides is 1. The van der Waals surface area contributed by atoms with Gasteiger partial charge in [0.05, 0.1) is 10.8 Å². The van der Waals surface area contributed by atoms with Crippen molar-refractivity contribution in [3.63, 3.8) is 0 Å². The Labute approximate surface area is 155 Å². The summed E-state index contributed by atoms with van der Waals surface area (Å²) in [6, 6.07) is 16.2. The zero-order valence-corrected chi connectivity index (χ0v) is 15.7. The monoisotopic (exact) mass is 372 g/mol. The predicted molar refractivity (Wildman–Crippen MR) is 102 cm³/mol. The maximum Gasteiger partial charge on any atom is 0.243 e. The number of benzene rings is 2. The van der Waals surface area contributed by atoms with Crippen LogP contribution in [0.1, 0.15) is 25.3 Å². The van der Waals surface area contributed by atoms with Crippen molar-refractivity contribution in [3.8, 4) is 0 Å². The van der Waals surface area contributed by atoms with Gasteiger partial charge in [-0.15, -0.1) is 0 Å². The molecule has 0 radical (unpaired) electrons. The molecule has 1 atom stereocenters. The van der Waals surface area contributed by atoms with E-state index in [2.05, 4.69) is 5.32 Å². The van der Waals surface area contributed by atoms with Gasteiger partial charge in [-0.25, -0.2) is 8.42 Å². The number of anilines is 1. The molecule has 1 N–H and O–H groups in total. The van der Waals surface area contributed by atoms with Crippen LogP contribution in [0.5, 0.6) is 0 Å². The highest BCUT2D eigenvalue weighted by Gasteiger charge is 2.33. The van der Waals surface area contributed by atoms with Crippen LogP contribution in [0.25, 0.3) is 0 Å². The minimum atomic E-state index is -3.57. The molecular formula is C20H24N2O3S. The summed E-state index contributed by atoms with van der Waals surface area (Å²) in [5, 5.41) is 2.88. The van der Waals surface area contributed by atoms with Crippen LogP contribution in [0.2, 0.25) is 0 Å². The van der Waals surface area contributed by atoms with Gasteiger partial charge >= 0.3 is 0 Å². The van der Waals surface area contributed by atoms with Gasteiger partial charge in [0, 0.05) is 18.8 Å². The van der Waals surface area contributed by atoms with Crippen LogP contribution < -0.4 is 5.32 Å². The highest BCUT2D eigenvalue weighted by molar-refractivity contribution is 7.89. The Balaban J connectivity index is 1.71. The number of hydrogen-bond acceptors (Lipinski definition) is 3. The van der Waals surface area contributed by atoms with Gasteiger partial charge in [-0.05, 0) is 49.1 Å². The zero-order valence-electron chi connectivity index (χ0n) is 14.9. The average Bonchev–Trinajstić information content (AvgIpc) is 2.69. The van der Waals surface area contributed by atoms with E-state index in [1.54, 1.807) is 12.1 Å². The van der Waals surface area contributed by atoms with E-state index < -0.39 is 10.0 Å². The lowest BCUT2D eigenvalue weighted by Crippen LogP contribution is -2.43. The minimum Gasteiger partial charge on any atom is -0.326 e. The van der Waals surface area contributed by atoms with Crippen molar-refractivity contribution >= 4 is 21.6 Å². The molecule has 0 spiro atoms. The van der Waals surface area contributed by atoms with E-state index in [1.807, 2.05) is 49.4 Å². The summed E-state index contributed by atoms with van der Waals surface area (Å²) in [6.45, 7) is 2.70. The molecule has 0 aromatic heterocycles. The first-order chi connectivity index (χ1) is 12.5. The number of rotatable bonds is 5. The third-order valence-electron chi connectivity index (χ3n) is 4.77. The molecule has 2 aromatic rings. The fraction of sp³-hybridized carbons (Fsp3) is 0.350. The molecule has 1 heterocycles. The molecular weight excluding hydrogens is 348 g/mol. The summed E-state index contributed by atoms with van der Waals surface area (Å²) in [4.78, 5) is 12.8. The lowest BCUT2D eigenvalue weighted by Gasteiger charge is -2.31. The lowest BCUT2D eigenvalue weighted by molar-refractivity contribution is -0.120. The normalized spacial score (nSPS) is 18.4. The number of para-hydroxylation sites is 1. The van der Waals surface area contributed by atoms with Crippen LogP contribution in [0, 0.1) is 5.92 Å². The largest absolute Gasteiger partial charge is 0.326 e. The maximum atomic E-state index is 12.9. The Morgan fingerprint density at radius 2 is 1.81 bits per heavy atom. The molecule has 5 nitrogen and oxygen atoms in total. The van der Waals surface area contributed by atoms with E-state index >= 15 is 0 Å². The van der Waals surface area contributed by atoms with Crippen molar-refractivity contribution in [2.45, 2.75) is 31.1 Å². The van der Waals surface area contributed by atoms with Crippen LogP contribution >= 0.6 is 0 Å². The van der Waals surface area contributed by atoms with E-state index in [1.165, 1.54) is 4.31 Å². The maximum absolute atomic E-state index is 12.9. The molecule has 1 fully saturated rings. The molecule has 1 unspecified atom stereocenters. The summed E-state index contributed by atoms with van der Waals surface area (Å²) in [5.74, 6) is -0.467. The molecule has 26 heavy (non-hydrogen) atoms. The van der Waals surface area contributed by atoms with Crippen molar-refractivity contribution in [1.82, 2.24) is 4.31 Å². The summed E-state index contributed by atoms with van der Waals surface area (Å²) < 4.78 is 27.3. The van der Waals surface area contributed by atoms with Crippen molar-refractivity contribution in [3.05, 3.63) is 60.2 Å². The Hall–Kier alpha value is -2.18. The quantitative estimate of drug-likeness (QED) is 0.876.